The Bertz CT molecular complexity index is 274. The molecule has 0 atom stereocenters. The normalized spacial score (nSPS) is 10.6. The van der Waals surface area contributed by atoms with Crippen LogP contribution in [0.3, 0.4) is 0 Å². The van der Waals surface area contributed by atoms with E-state index in [2.05, 4.69) is 31.9 Å². The van der Waals surface area contributed by atoms with Gasteiger partial charge in [-0.25, -0.2) is 0 Å². The summed E-state index contributed by atoms with van der Waals surface area (Å²) in [5, 5.41) is 0. The van der Waals surface area contributed by atoms with Crippen LogP contribution in [-0.4, -0.2) is 0 Å². The van der Waals surface area contributed by atoms with Gasteiger partial charge in [0.25, 0.3) is 0 Å². The second kappa shape index (κ2) is 4.67. The molecule has 1 rings (SSSR count). The number of halogens is 2. The minimum absolute atomic E-state index is 0.801. The lowest BCUT2D eigenvalue weighted by Gasteiger charge is -2.04. The van der Waals surface area contributed by atoms with E-state index in [4.69, 9.17) is 4.74 Å². The van der Waals surface area contributed by atoms with Gasteiger partial charge in [0, 0.05) is 0 Å². The van der Waals surface area contributed by atoms with Crippen molar-refractivity contribution in [1.29, 1.82) is 0 Å². The first-order chi connectivity index (χ1) is 5.75. The van der Waals surface area contributed by atoms with E-state index >= 15 is 0 Å². The summed E-state index contributed by atoms with van der Waals surface area (Å²) in [6, 6.07) is 5.81. The zero-order valence-corrected chi connectivity index (χ0v) is 9.72. The van der Waals surface area contributed by atoms with E-state index in [0.29, 0.717) is 0 Å². The molecule has 1 nitrogen and oxygen atoms in total. The van der Waals surface area contributed by atoms with Crippen molar-refractivity contribution in [3.63, 3.8) is 0 Å². The lowest BCUT2D eigenvalue weighted by molar-refractivity contribution is 0.474. The molecule has 1 aromatic carbocycles. The minimum Gasteiger partial charge on any atom is -0.463 e. The maximum absolute atomic E-state index is 5.34. The molecule has 0 N–H and O–H groups in total. The first-order valence-electron chi connectivity index (χ1n) is 3.47. The molecule has 0 aliphatic heterocycles. The highest BCUT2D eigenvalue weighted by molar-refractivity contribution is 9.11. The van der Waals surface area contributed by atoms with Gasteiger partial charge in [0.15, 0.2) is 5.75 Å². The van der Waals surface area contributed by atoms with Gasteiger partial charge in [-0.1, -0.05) is 12.1 Å². The Morgan fingerprint density at radius 2 is 1.83 bits per heavy atom. The fourth-order valence-corrected chi connectivity index (χ4v) is 1.92. The maximum Gasteiger partial charge on any atom is 0.154 e. The van der Waals surface area contributed by atoms with Crippen molar-refractivity contribution in [3.8, 4) is 5.75 Å². The Morgan fingerprint density at radius 1 is 1.25 bits per heavy atom. The highest BCUT2D eigenvalue weighted by atomic mass is 79.9. The van der Waals surface area contributed by atoms with E-state index < -0.39 is 0 Å². The van der Waals surface area contributed by atoms with Crippen LogP contribution < -0.4 is 4.74 Å². The van der Waals surface area contributed by atoms with Gasteiger partial charge < -0.3 is 4.74 Å². The summed E-state index contributed by atoms with van der Waals surface area (Å²) in [7, 11) is 0. The summed E-state index contributed by atoms with van der Waals surface area (Å²) in [5.41, 5.74) is 0. The number of allylic oxidation sites excluding steroid dienone is 1. The first kappa shape index (κ1) is 9.81. The molecule has 1 aromatic rings. The van der Waals surface area contributed by atoms with Crippen LogP contribution in [0.15, 0.2) is 39.5 Å². The van der Waals surface area contributed by atoms with Crippen LogP contribution >= 0.6 is 31.9 Å². The van der Waals surface area contributed by atoms with Gasteiger partial charge in [0.2, 0.25) is 0 Å². The monoisotopic (exact) mass is 290 g/mol. The van der Waals surface area contributed by atoms with Crippen molar-refractivity contribution >= 4 is 31.9 Å². The average molecular weight is 292 g/mol. The van der Waals surface area contributed by atoms with Crippen molar-refractivity contribution in [3.05, 3.63) is 39.5 Å². The molecule has 0 heterocycles. The molecule has 0 radical (unpaired) electrons. The molecule has 0 unspecified atom stereocenters. The summed E-state index contributed by atoms with van der Waals surface area (Å²) >= 11 is 6.78. The third-order valence-electron chi connectivity index (χ3n) is 1.24. The van der Waals surface area contributed by atoms with Crippen molar-refractivity contribution in [2.24, 2.45) is 0 Å². The van der Waals surface area contributed by atoms with Gasteiger partial charge in [0.1, 0.15) is 0 Å². The number of ether oxygens (including phenoxy) is 1. The Hall–Kier alpha value is -0.280. The van der Waals surface area contributed by atoms with Crippen LogP contribution in [-0.2, 0) is 0 Å². The Kier molecular flexibility index (Phi) is 3.82. The van der Waals surface area contributed by atoms with E-state index in [9.17, 15) is 0 Å². The Morgan fingerprint density at radius 3 is 2.33 bits per heavy atom. The highest BCUT2D eigenvalue weighted by Gasteiger charge is 2.02. The molecule has 0 saturated carbocycles. The molecule has 0 aliphatic rings. The number of para-hydroxylation sites is 1. The van der Waals surface area contributed by atoms with Crippen molar-refractivity contribution in [2.75, 3.05) is 0 Å². The maximum atomic E-state index is 5.34. The molecule has 3 heteroatoms. The SMILES string of the molecule is C/C=C/Oc1c(Br)cccc1Br. The van der Waals surface area contributed by atoms with E-state index in [1.54, 1.807) is 6.26 Å². The molecule has 0 amide bonds. The molecule has 0 saturated heterocycles. The van der Waals surface area contributed by atoms with Crippen LogP contribution in [0.1, 0.15) is 6.92 Å². The van der Waals surface area contributed by atoms with E-state index in [0.717, 1.165) is 14.7 Å². The second-order valence-electron chi connectivity index (χ2n) is 2.14. The van der Waals surface area contributed by atoms with Gasteiger partial charge in [-0.2, -0.15) is 0 Å². The molecule has 0 aliphatic carbocycles. The molecule has 0 aromatic heterocycles. The first-order valence-corrected chi connectivity index (χ1v) is 5.06. The summed E-state index contributed by atoms with van der Waals surface area (Å²) < 4.78 is 7.22. The second-order valence-corrected chi connectivity index (χ2v) is 3.85. The van der Waals surface area contributed by atoms with Gasteiger partial charge in [-0.15, -0.1) is 0 Å². The lowest BCUT2D eigenvalue weighted by atomic mass is 10.3. The van der Waals surface area contributed by atoms with E-state index in [1.807, 2.05) is 31.2 Å². The summed E-state index contributed by atoms with van der Waals surface area (Å²) in [6.07, 6.45) is 3.48. The van der Waals surface area contributed by atoms with Gasteiger partial charge in [-0.3, -0.25) is 0 Å². The quantitative estimate of drug-likeness (QED) is 0.745. The molecular weight excluding hydrogens is 284 g/mol. The third kappa shape index (κ3) is 2.35. The third-order valence-corrected chi connectivity index (χ3v) is 2.49. The lowest BCUT2D eigenvalue weighted by Crippen LogP contribution is -1.84. The zero-order chi connectivity index (χ0) is 8.97. The van der Waals surface area contributed by atoms with Crippen LogP contribution in [0.2, 0.25) is 0 Å². The highest BCUT2D eigenvalue weighted by Crippen LogP contribution is 2.32. The summed E-state index contributed by atoms with van der Waals surface area (Å²) in [6.45, 7) is 1.91. The standard InChI is InChI=1S/C9H8Br2O/c1-2-6-12-9-7(10)4-3-5-8(9)11/h2-6H,1H3/b6-2+. The Balaban J connectivity index is 2.96. The molecule has 64 valence electrons. The van der Waals surface area contributed by atoms with Crippen molar-refractivity contribution in [2.45, 2.75) is 6.92 Å². The Labute approximate surface area is 88.7 Å². The van der Waals surface area contributed by atoms with E-state index in [-0.39, 0.29) is 0 Å². The molecule has 0 fully saturated rings. The predicted molar refractivity (Wildman–Crippen MR) is 57.3 cm³/mol. The van der Waals surface area contributed by atoms with Crippen LogP contribution in [0.4, 0.5) is 0 Å². The van der Waals surface area contributed by atoms with Gasteiger partial charge in [0.05, 0.1) is 15.2 Å². The fraction of sp³-hybridized carbons (Fsp3) is 0.111. The topological polar surface area (TPSA) is 9.23 Å². The van der Waals surface area contributed by atoms with Crippen molar-refractivity contribution < 1.29 is 4.74 Å². The number of benzene rings is 1. The van der Waals surface area contributed by atoms with E-state index in [1.165, 1.54) is 0 Å². The number of hydrogen-bond donors (Lipinski definition) is 0. The van der Waals surface area contributed by atoms with Gasteiger partial charge in [-0.05, 0) is 50.9 Å². The van der Waals surface area contributed by atoms with Crippen LogP contribution in [0.25, 0.3) is 0 Å². The molecule has 0 spiro atoms. The number of hydrogen-bond acceptors (Lipinski definition) is 1. The number of rotatable bonds is 2. The largest absolute Gasteiger partial charge is 0.463 e. The zero-order valence-electron chi connectivity index (χ0n) is 6.55. The van der Waals surface area contributed by atoms with Crippen LogP contribution in [0.5, 0.6) is 5.75 Å². The molecule has 12 heavy (non-hydrogen) atoms. The summed E-state index contributed by atoms with van der Waals surface area (Å²) in [4.78, 5) is 0. The predicted octanol–water partition coefficient (Wildman–Crippen LogP) is 4.12. The van der Waals surface area contributed by atoms with Gasteiger partial charge >= 0.3 is 0 Å². The smallest absolute Gasteiger partial charge is 0.154 e. The average Bonchev–Trinajstić information content (AvgIpc) is 2.04. The van der Waals surface area contributed by atoms with Crippen molar-refractivity contribution in [1.82, 2.24) is 0 Å². The summed E-state index contributed by atoms with van der Waals surface area (Å²) in [5.74, 6) is 0.801. The molecular formula is C9H8Br2O. The fourth-order valence-electron chi connectivity index (χ4n) is 0.731. The molecule has 0 bridgehead atoms. The van der Waals surface area contributed by atoms with Crippen LogP contribution in [0, 0.1) is 0 Å². The minimum atomic E-state index is 0.801.